The molecule has 1 unspecified atom stereocenters. The fourth-order valence-corrected chi connectivity index (χ4v) is 3.03. The first kappa shape index (κ1) is 12.0. The van der Waals surface area contributed by atoms with Crippen LogP contribution < -0.4 is 5.73 Å². The van der Waals surface area contributed by atoms with Gasteiger partial charge in [0.05, 0.1) is 0 Å². The molecule has 1 nitrogen and oxygen atoms in total. The Morgan fingerprint density at radius 2 is 1.89 bits per heavy atom. The molecule has 0 heterocycles. The molecule has 0 amide bonds. The molecule has 3 rings (SSSR count). The fraction of sp³-hybridized carbons (Fsp3) is 0.200. The number of halogens is 2. The largest absolute Gasteiger partial charge is 0.324 e. The summed E-state index contributed by atoms with van der Waals surface area (Å²) < 4.78 is 0. The van der Waals surface area contributed by atoms with Crippen molar-refractivity contribution in [1.29, 1.82) is 0 Å². The van der Waals surface area contributed by atoms with Crippen LogP contribution in [0.1, 0.15) is 23.6 Å². The molecule has 0 radical (unpaired) electrons. The SMILES string of the molecule is NC1CCc2c(-c3cc(Cl)ccc3Cl)cccc21. The van der Waals surface area contributed by atoms with Crippen LogP contribution in [0.2, 0.25) is 10.0 Å². The average molecular weight is 278 g/mol. The average Bonchev–Trinajstić information content (AvgIpc) is 2.75. The lowest BCUT2D eigenvalue weighted by Crippen LogP contribution is -2.04. The van der Waals surface area contributed by atoms with Gasteiger partial charge in [0.15, 0.2) is 0 Å². The van der Waals surface area contributed by atoms with Gasteiger partial charge in [0.1, 0.15) is 0 Å². The molecule has 0 saturated heterocycles. The van der Waals surface area contributed by atoms with Gasteiger partial charge in [-0.3, -0.25) is 0 Å². The summed E-state index contributed by atoms with van der Waals surface area (Å²) in [5.41, 5.74) is 10.8. The third kappa shape index (κ3) is 1.93. The van der Waals surface area contributed by atoms with Crippen LogP contribution in [-0.2, 0) is 6.42 Å². The van der Waals surface area contributed by atoms with E-state index in [0.717, 1.165) is 29.0 Å². The molecule has 1 atom stereocenters. The van der Waals surface area contributed by atoms with Gasteiger partial charge in [-0.25, -0.2) is 0 Å². The maximum Gasteiger partial charge on any atom is 0.0485 e. The molecular formula is C15H13Cl2N. The van der Waals surface area contributed by atoms with Crippen LogP contribution in [0.15, 0.2) is 36.4 Å². The number of hydrogen-bond donors (Lipinski definition) is 1. The quantitative estimate of drug-likeness (QED) is 0.810. The molecule has 0 aromatic heterocycles. The summed E-state index contributed by atoms with van der Waals surface area (Å²) in [6, 6.07) is 12.0. The zero-order valence-corrected chi connectivity index (χ0v) is 11.3. The van der Waals surface area contributed by atoms with E-state index in [0.29, 0.717) is 5.02 Å². The highest BCUT2D eigenvalue weighted by Gasteiger charge is 2.22. The number of rotatable bonds is 1. The van der Waals surface area contributed by atoms with Crippen molar-refractivity contribution >= 4 is 23.2 Å². The summed E-state index contributed by atoms with van der Waals surface area (Å²) in [7, 11) is 0. The second kappa shape index (κ2) is 4.58. The third-order valence-corrected chi connectivity index (χ3v) is 4.10. The van der Waals surface area contributed by atoms with E-state index < -0.39 is 0 Å². The smallest absolute Gasteiger partial charge is 0.0485 e. The minimum Gasteiger partial charge on any atom is -0.324 e. The standard InChI is InChI=1S/C15H13Cl2N/c16-9-4-6-14(17)13(8-9)10-2-1-3-12-11(10)5-7-15(12)18/h1-4,6,8,15H,5,7,18H2. The predicted molar refractivity (Wildman–Crippen MR) is 77.1 cm³/mol. The highest BCUT2D eigenvalue weighted by atomic mass is 35.5. The van der Waals surface area contributed by atoms with E-state index >= 15 is 0 Å². The number of nitrogens with two attached hydrogens (primary N) is 1. The molecule has 2 aromatic rings. The van der Waals surface area contributed by atoms with Crippen molar-refractivity contribution in [3.63, 3.8) is 0 Å². The predicted octanol–water partition coefficient (Wildman–Crippen LogP) is 4.61. The van der Waals surface area contributed by atoms with Crippen LogP contribution in [0, 0.1) is 0 Å². The van der Waals surface area contributed by atoms with E-state index in [4.69, 9.17) is 28.9 Å². The summed E-state index contributed by atoms with van der Waals surface area (Å²) >= 11 is 12.3. The summed E-state index contributed by atoms with van der Waals surface area (Å²) in [6.07, 6.45) is 2.01. The highest BCUT2D eigenvalue weighted by molar-refractivity contribution is 6.35. The third-order valence-electron chi connectivity index (χ3n) is 3.54. The molecule has 0 bridgehead atoms. The Balaban J connectivity index is 2.21. The van der Waals surface area contributed by atoms with Gasteiger partial charge in [-0.15, -0.1) is 0 Å². The Bertz CT molecular complexity index is 607. The summed E-state index contributed by atoms with van der Waals surface area (Å²) in [5, 5.41) is 1.43. The van der Waals surface area contributed by atoms with Crippen molar-refractivity contribution in [3.8, 4) is 11.1 Å². The van der Waals surface area contributed by atoms with Gasteiger partial charge in [-0.1, -0.05) is 41.4 Å². The maximum absolute atomic E-state index is 6.28. The Morgan fingerprint density at radius 3 is 2.72 bits per heavy atom. The van der Waals surface area contributed by atoms with Crippen LogP contribution in [-0.4, -0.2) is 0 Å². The van der Waals surface area contributed by atoms with Crippen molar-refractivity contribution in [3.05, 3.63) is 57.6 Å². The molecule has 92 valence electrons. The van der Waals surface area contributed by atoms with E-state index in [9.17, 15) is 0 Å². The van der Waals surface area contributed by atoms with Crippen molar-refractivity contribution in [2.24, 2.45) is 5.73 Å². The molecule has 0 saturated carbocycles. The normalized spacial score (nSPS) is 17.8. The second-order valence-electron chi connectivity index (χ2n) is 4.64. The minimum absolute atomic E-state index is 0.151. The van der Waals surface area contributed by atoms with Crippen molar-refractivity contribution in [1.82, 2.24) is 0 Å². The van der Waals surface area contributed by atoms with E-state index in [1.165, 1.54) is 11.1 Å². The lowest BCUT2D eigenvalue weighted by atomic mass is 9.96. The van der Waals surface area contributed by atoms with Crippen LogP contribution in [0.25, 0.3) is 11.1 Å². The summed E-state index contributed by atoms with van der Waals surface area (Å²) in [4.78, 5) is 0. The molecule has 0 aliphatic heterocycles. The van der Waals surface area contributed by atoms with Crippen LogP contribution >= 0.6 is 23.2 Å². The van der Waals surface area contributed by atoms with Crippen LogP contribution in [0.3, 0.4) is 0 Å². The Kier molecular flexibility index (Phi) is 3.06. The first-order valence-corrected chi connectivity index (χ1v) is 6.75. The van der Waals surface area contributed by atoms with E-state index in [2.05, 4.69) is 12.1 Å². The van der Waals surface area contributed by atoms with Gasteiger partial charge in [0.25, 0.3) is 0 Å². The van der Waals surface area contributed by atoms with Crippen molar-refractivity contribution < 1.29 is 0 Å². The number of fused-ring (bicyclic) bond motifs is 1. The van der Waals surface area contributed by atoms with Crippen molar-refractivity contribution in [2.75, 3.05) is 0 Å². The summed E-state index contributed by atoms with van der Waals surface area (Å²) in [5.74, 6) is 0. The van der Waals surface area contributed by atoms with Gasteiger partial charge in [-0.05, 0) is 47.7 Å². The van der Waals surface area contributed by atoms with E-state index in [-0.39, 0.29) is 6.04 Å². The zero-order chi connectivity index (χ0) is 12.7. The number of benzene rings is 2. The monoisotopic (exact) mass is 277 g/mol. The molecule has 18 heavy (non-hydrogen) atoms. The first-order chi connectivity index (χ1) is 8.66. The molecule has 3 heteroatoms. The lowest BCUT2D eigenvalue weighted by molar-refractivity contribution is 0.713. The Labute approximate surface area is 117 Å². The van der Waals surface area contributed by atoms with Crippen LogP contribution in [0.5, 0.6) is 0 Å². The van der Waals surface area contributed by atoms with Crippen LogP contribution in [0.4, 0.5) is 0 Å². The first-order valence-electron chi connectivity index (χ1n) is 5.99. The lowest BCUT2D eigenvalue weighted by Gasteiger charge is -2.11. The van der Waals surface area contributed by atoms with E-state index in [1.807, 2.05) is 24.3 Å². The van der Waals surface area contributed by atoms with Gasteiger partial charge in [0, 0.05) is 21.7 Å². The Morgan fingerprint density at radius 1 is 1.06 bits per heavy atom. The fourth-order valence-electron chi connectivity index (χ4n) is 2.64. The minimum atomic E-state index is 0.151. The maximum atomic E-state index is 6.28. The molecule has 0 fully saturated rings. The molecule has 2 aromatic carbocycles. The van der Waals surface area contributed by atoms with Gasteiger partial charge >= 0.3 is 0 Å². The number of hydrogen-bond acceptors (Lipinski definition) is 1. The molecular weight excluding hydrogens is 265 g/mol. The van der Waals surface area contributed by atoms with Gasteiger partial charge in [-0.2, -0.15) is 0 Å². The molecule has 0 spiro atoms. The highest BCUT2D eigenvalue weighted by Crippen LogP contribution is 2.39. The zero-order valence-electron chi connectivity index (χ0n) is 9.79. The van der Waals surface area contributed by atoms with Gasteiger partial charge in [0.2, 0.25) is 0 Å². The molecule has 1 aliphatic carbocycles. The topological polar surface area (TPSA) is 26.0 Å². The van der Waals surface area contributed by atoms with Crippen molar-refractivity contribution in [2.45, 2.75) is 18.9 Å². The Hall–Kier alpha value is -1.02. The van der Waals surface area contributed by atoms with E-state index in [1.54, 1.807) is 0 Å². The second-order valence-corrected chi connectivity index (χ2v) is 5.49. The molecule has 2 N–H and O–H groups in total. The van der Waals surface area contributed by atoms with Gasteiger partial charge < -0.3 is 5.73 Å². The molecule has 1 aliphatic rings. The summed E-state index contributed by atoms with van der Waals surface area (Å²) in [6.45, 7) is 0.